The predicted octanol–water partition coefficient (Wildman–Crippen LogP) is 5.49. The van der Waals surface area contributed by atoms with E-state index in [-0.39, 0.29) is 5.54 Å². The van der Waals surface area contributed by atoms with Crippen molar-refractivity contribution in [1.82, 2.24) is 0 Å². The summed E-state index contributed by atoms with van der Waals surface area (Å²) in [5, 5.41) is 0. The van der Waals surface area contributed by atoms with Crippen LogP contribution in [0.2, 0.25) is 26.2 Å². The van der Waals surface area contributed by atoms with Crippen molar-refractivity contribution in [2.45, 2.75) is 45.1 Å². The van der Waals surface area contributed by atoms with Crippen molar-refractivity contribution >= 4 is 37.2 Å². The molecular formula is C14H24Cl2O2Si2. The minimum atomic E-state index is -2.27. The summed E-state index contributed by atoms with van der Waals surface area (Å²) in [6.07, 6.45) is 0.924. The van der Waals surface area contributed by atoms with E-state index in [1.165, 1.54) is 0 Å². The third kappa shape index (κ3) is 4.99. The van der Waals surface area contributed by atoms with Gasteiger partial charge in [-0.15, -0.1) is 22.2 Å². The first-order chi connectivity index (χ1) is 9.08. The minimum Gasteiger partial charge on any atom is -0.542 e. The molecule has 20 heavy (non-hydrogen) atoms. The van der Waals surface area contributed by atoms with E-state index in [2.05, 4.69) is 32.6 Å². The van der Waals surface area contributed by atoms with Crippen LogP contribution in [-0.4, -0.2) is 22.1 Å². The van der Waals surface area contributed by atoms with E-state index < -0.39 is 15.0 Å². The monoisotopic (exact) mass is 350 g/mol. The van der Waals surface area contributed by atoms with Crippen LogP contribution in [0.5, 0.6) is 11.5 Å². The average molecular weight is 351 g/mol. The van der Waals surface area contributed by atoms with Crippen LogP contribution in [-0.2, 0) is 0 Å². The average Bonchev–Trinajstić information content (AvgIpc) is 2.28. The molecule has 0 N–H and O–H groups in total. The number of hydrogen-bond donors (Lipinski definition) is 0. The van der Waals surface area contributed by atoms with Crippen LogP contribution < -0.4 is 9.16 Å². The largest absolute Gasteiger partial charge is 0.542 e. The molecule has 1 rings (SSSR count). The van der Waals surface area contributed by atoms with Crippen molar-refractivity contribution in [2.24, 2.45) is 0 Å². The number of ether oxygens (including phenoxy) is 1. The van der Waals surface area contributed by atoms with E-state index in [4.69, 9.17) is 31.3 Å². The molecule has 1 atom stereocenters. The molecule has 6 heteroatoms. The molecule has 1 aromatic carbocycles. The van der Waals surface area contributed by atoms with Crippen molar-refractivity contribution in [1.29, 1.82) is 0 Å². The summed E-state index contributed by atoms with van der Waals surface area (Å²) in [4.78, 5) is 0. The molecule has 0 aliphatic carbocycles. The first-order valence-electron chi connectivity index (χ1n) is 6.83. The standard InChI is InChI=1S/C14H24Cl2O2Si2/c1-7-14(20(6,15)16)11-8-9-12(13(10-11)17-2)18-19(3,4)5/h8-10,14H,7H2,1-6H3. The lowest BCUT2D eigenvalue weighted by Gasteiger charge is -2.26. The summed E-state index contributed by atoms with van der Waals surface area (Å²) < 4.78 is 11.5. The Labute approximate surface area is 133 Å². The van der Waals surface area contributed by atoms with Crippen molar-refractivity contribution in [3.8, 4) is 11.5 Å². The first-order valence-corrected chi connectivity index (χ1v) is 14.8. The molecule has 0 amide bonds. The van der Waals surface area contributed by atoms with Crippen molar-refractivity contribution in [2.75, 3.05) is 7.11 Å². The molecule has 1 unspecified atom stereocenters. The maximum Gasteiger partial charge on any atom is 0.255 e. The van der Waals surface area contributed by atoms with E-state index in [1.54, 1.807) is 7.11 Å². The van der Waals surface area contributed by atoms with Crippen LogP contribution >= 0.6 is 22.2 Å². The van der Waals surface area contributed by atoms with Gasteiger partial charge >= 0.3 is 0 Å². The van der Waals surface area contributed by atoms with Gasteiger partial charge in [-0.05, 0) is 50.3 Å². The van der Waals surface area contributed by atoms with Gasteiger partial charge < -0.3 is 9.16 Å². The second-order valence-electron chi connectivity index (χ2n) is 6.04. The molecule has 0 saturated carbocycles. The van der Waals surface area contributed by atoms with E-state index in [9.17, 15) is 0 Å². The molecule has 0 aliphatic rings. The summed E-state index contributed by atoms with van der Waals surface area (Å²) in [6, 6.07) is 6.05. The molecule has 0 fully saturated rings. The summed E-state index contributed by atoms with van der Waals surface area (Å²) in [5.74, 6) is 1.56. The van der Waals surface area contributed by atoms with Gasteiger partial charge in [-0.2, -0.15) is 0 Å². The fourth-order valence-electron chi connectivity index (χ4n) is 2.20. The number of benzene rings is 1. The maximum absolute atomic E-state index is 6.41. The van der Waals surface area contributed by atoms with Gasteiger partial charge in [0.1, 0.15) is 5.75 Å². The van der Waals surface area contributed by atoms with Crippen molar-refractivity contribution in [3.05, 3.63) is 23.8 Å². The Morgan fingerprint density at radius 3 is 2.10 bits per heavy atom. The Balaban J connectivity index is 3.15. The van der Waals surface area contributed by atoms with Gasteiger partial charge in [0.25, 0.3) is 6.69 Å². The molecule has 0 spiro atoms. The smallest absolute Gasteiger partial charge is 0.255 e. The van der Waals surface area contributed by atoms with Gasteiger partial charge in [0, 0.05) is 5.54 Å². The number of halogens is 2. The summed E-state index contributed by atoms with van der Waals surface area (Å²) in [7, 11) is 0.00320. The fraction of sp³-hybridized carbons (Fsp3) is 0.571. The van der Waals surface area contributed by atoms with Gasteiger partial charge in [0.05, 0.1) is 7.11 Å². The zero-order chi connectivity index (χ0) is 15.6. The third-order valence-electron chi connectivity index (χ3n) is 3.03. The van der Waals surface area contributed by atoms with E-state index in [0.29, 0.717) is 0 Å². The van der Waals surface area contributed by atoms with Crippen LogP contribution in [0.25, 0.3) is 0 Å². The second-order valence-corrected chi connectivity index (χ2v) is 18.4. The van der Waals surface area contributed by atoms with Crippen LogP contribution in [0, 0.1) is 0 Å². The molecule has 1 aromatic rings. The third-order valence-corrected chi connectivity index (χ3v) is 7.40. The summed E-state index contributed by atoms with van der Waals surface area (Å²) >= 11 is 12.8. The lowest BCUT2D eigenvalue weighted by atomic mass is 10.1. The topological polar surface area (TPSA) is 18.5 Å². The first kappa shape index (κ1) is 17.9. The molecule has 2 nitrogen and oxygen atoms in total. The predicted molar refractivity (Wildman–Crippen MR) is 93.3 cm³/mol. The number of rotatable bonds is 6. The molecule has 0 bridgehead atoms. The zero-order valence-corrected chi connectivity index (χ0v) is 16.6. The van der Waals surface area contributed by atoms with Crippen LogP contribution in [0.4, 0.5) is 0 Å². The number of methoxy groups -OCH3 is 1. The highest BCUT2D eigenvalue weighted by Crippen LogP contribution is 2.39. The van der Waals surface area contributed by atoms with Gasteiger partial charge in [-0.25, -0.2) is 0 Å². The van der Waals surface area contributed by atoms with Gasteiger partial charge in [-0.3, -0.25) is 0 Å². The minimum absolute atomic E-state index is 0.195. The lowest BCUT2D eigenvalue weighted by Crippen LogP contribution is -2.29. The van der Waals surface area contributed by atoms with E-state index >= 15 is 0 Å². The van der Waals surface area contributed by atoms with Gasteiger partial charge in [-0.1, -0.05) is 13.0 Å². The Hall–Kier alpha value is -0.166. The zero-order valence-electron chi connectivity index (χ0n) is 13.1. The highest BCUT2D eigenvalue weighted by Gasteiger charge is 2.33. The van der Waals surface area contributed by atoms with Crippen molar-refractivity contribution < 1.29 is 9.16 Å². The van der Waals surface area contributed by atoms with E-state index in [0.717, 1.165) is 23.5 Å². The SMILES string of the molecule is CCC(c1ccc(O[Si](C)(C)C)c(OC)c1)[Si](C)(Cl)Cl. The van der Waals surface area contributed by atoms with Crippen LogP contribution in [0.1, 0.15) is 24.4 Å². The lowest BCUT2D eigenvalue weighted by molar-refractivity contribution is 0.391. The molecule has 0 aliphatic heterocycles. The normalized spacial score (nSPS) is 14.0. The highest BCUT2D eigenvalue weighted by molar-refractivity contribution is 7.45. The van der Waals surface area contributed by atoms with E-state index in [1.807, 2.05) is 18.7 Å². The van der Waals surface area contributed by atoms with Gasteiger partial charge in [0.15, 0.2) is 5.75 Å². The summed E-state index contributed by atoms with van der Waals surface area (Å²) in [5.41, 5.74) is 1.33. The summed E-state index contributed by atoms with van der Waals surface area (Å²) in [6.45, 7) is 8.25. The molecule has 0 heterocycles. The molecule has 0 radical (unpaired) electrons. The molecule has 0 aromatic heterocycles. The molecular weight excluding hydrogens is 327 g/mol. The Morgan fingerprint density at radius 2 is 1.70 bits per heavy atom. The highest BCUT2D eigenvalue weighted by atomic mass is 35.7. The maximum atomic E-state index is 6.41. The fourth-order valence-corrected chi connectivity index (χ4v) is 6.19. The Kier molecular flexibility index (Phi) is 6.02. The van der Waals surface area contributed by atoms with Crippen LogP contribution in [0.15, 0.2) is 18.2 Å². The molecule has 0 saturated heterocycles. The molecule has 114 valence electrons. The van der Waals surface area contributed by atoms with Crippen LogP contribution in [0.3, 0.4) is 0 Å². The second kappa shape index (κ2) is 6.73. The Morgan fingerprint density at radius 1 is 1.10 bits per heavy atom. The van der Waals surface area contributed by atoms with Crippen molar-refractivity contribution in [3.63, 3.8) is 0 Å². The Bertz CT molecular complexity index is 453. The number of hydrogen-bond acceptors (Lipinski definition) is 2. The quantitative estimate of drug-likeness (QED) is 0.498. The van der Waals surface area contributed by atoms with Gasteiger partial charge in [0.2, 0.25) is 8.32 Å².